The van der Waals surface area contributed by atoms with Gasteiger partial charge in [-0.05, 0) is 63.9 Å². The van der Waals surface area contributed by atoms with Crippen LogP contribution in [0.4, 0.5) is 5.69 Å². The Hall–Kier alpha value is -1.22. The molecule has 0 bridgehead atoms. The molecule has 0 radical (unpaired) electrons. The van der Waals surface area contributed by atoms with Crippen molar-refractivity contribution >= 4 is 35.6 Å². The first-order valence-electron chi connectivity index (χ1n) is 11.4. The van der Waals surface area contributed by atoms with E-state index in [1.165, 1.54) is 44.6 Å². The van der Waals surface area contributed by atoms with Gasteiger partial charge >= 0.3 is 0 Å². The fourth-order valence-corrected chi connectivity index (χ4v) is 4.33. The van der Waals surface area contributed by atoms with Crippen LogP contribution in [0.5, 0.6) is 5.75 Å². The van der Waals surface area contributed by atoms with E-state index in [0.29, 0.717) is 0 Å². The summed E-state index contributed by atoms with van der Waals surface area (Å²) in [6, 6.07) is 8.36. The van der Waals surface area contributed by atoms with Gasteiger partial charge in [0, 0.05) is 51.0 Å². The van der Waals surface area contributed by atoms with Crippen LogP contribution in [-0.4, -0.2) is 81.8 Å². The zero-order chi connectivity index (χ0) is 20.5. The normalized spacial score (nSPS) is 18.8. The standard InChI is InChI=1S/C23H39N5O.HI/c1-4-11-26-12-9-20(10-13-26)19-25-23(24-5-2)28-16-14-27(15-17-28)21-7-6-8-22(18-21)29-3;/h6-8,18,20H,4-5,9-17,19H2,1-3H3,(H,24,25);1H. The van der Waals surface area contributed by atoms with Crippen LogP contribution < -0.4 is 15.0 Å². The summed E-state index contributed by atoms with van der Waals surface area (Å²) in [6.45, 7) is 14.0. The summed E-state index contributed by atoms with van der Waals surface area (Å²) in [6.07, 6.45) is 3.83. The summed E-state index contributed by atoms with van der Waals surface area (Å²) in [5.74, 6) is 2.74. The lowest BCUT2D eigenvalue weighted by atomic mass is 9.97. The number of ether oxygens (including phenoxy) is 1. The second-order valence-corrected chi connectivity index (χ2v) is 8.16. The molecule has 1 aromatic rings. The van der Waals surface area contributed by atoms with Gasteiger partial charge in [-0.25, -0.2) is 0 Å². The molecule has 0 atom stereocenters. The van der Waals surface area contributed by atoms with Crippen molar-refractivity contribution in [3.05, 3.63) is 24.3 Å². The van der Waals surface area contributed by atoms with Crippen molar-refractivity contribution in [2.75, 3.05) is 70.9 Å². The molecule has 0 saturated carbocycles. The van der Waals surface area contributed by atoms with E-state index >= 15 is 0 Å². The Morgan fingerprint density at radius 3 is 2.47 bits per heavy atom. The van der Waals surface area contributed by atoms with Gasteiger partial charge in [0.15, 0.2) is 5.96 Å². The Labute approximate surface area is 200 Å². The Morgan fingerprint density at radius 2 is 1.83 bits per heavy atom. The average Bonchev–Trinajstić information content (AvgIpc) is 2.78. The molecule has 3 rings (SSSR count). The highest BCUT2D eigenvalue weighted by Crippen LogP contribution is 2.22. The van der Waals surface area contributed by atoms with Gasteiger partial charge in [-0.3, -0.25) is 4.99 Å². The fourth-order valence-electron chi connectivity index (χ4n) is 4.33. The molecule has 2 aliphatic rings. The first-order chi connectivity index (χ1) is 14.2. The lowest BCUT2D eigenvalue weighted by Gasteiger charge is -2.38. The molecule has 170 valence electrons. The van der Waals surface area contributed by atoms with E-state index in [1.807, 2.05) is 6.07 Å². The van der Waals surface area contributed by atoms with Gasteiger partial charge in [0.1, 0.15) is 5.75 Å². The number of nitrogens with zero attached hydrogens (tertiary/aromatic N) is 4. The number of piperazine rings is 1. The number of nitrogens with one attached hydrogen (secondary N) is 1. The molecule has 7 heteroatoms. The highest BCUT2D eigenvalue weighted by atomic mass is 127. The molecule has 6 nitrogen and oxygen atoms in total. The molecule has 2 heterocycles. The predicted octanol–water partition coefficient (Wildman–Crippen LogP) is 3.52. The number of halogens is 1. The van der Waals surface area contributed by atoms with Crippen molar-refractivity contribution in [1.82, 2.24) is 15.1 Å². The summed E-state index contributed by atoms with van der Waals surface area (Å²) >= 11 is 0. The van der Waals surface area contributed by atoms with Crippen LogP contribution in [0.15, 0.2) is 29.3 Å². The highest BCUT2D eigenvalue weighted by molar-refractivity contribution is 14.0. The molecule has 1 N–H and O–H groups in total. The topological polar surface area (TPSA) is 43.3 Å². The lowest BCUT2D eigenvalue weighted by molar-refractivity contribution is 0.188. The summed E-state index contributed by atoms with van der Waals surface area (Å²) < 4.78 is 5.38. The second-order valence-electron chi connectivity index (χ2n) is 8.16. The second kappa shape index (κ2) is 13.2. The van der Waals surface area contributed by atoms with Gasteiger partial charge in [0.05, 0.1) is 7.11 Å². The van der Waals surface area contributed by atoms with Crippen LogP contribution in [0.25, 0.3) is 0 Å². The van der Waals surface area contributed by atoms with Gasteiger partial charge < -0.3 is 24.8 Å². The minimum atomic E-state index is 0. The van der Waals surface area contributed by atoms with Crippen molar-refractivity contribution in [1.29, 1.82) is 0 Å². The van der Waals surface area contributed by atoms with Crippen molar-refractivity contribution in [2.24, 2.45) is 10.9 Å². The Bertz CT molecular complexity index is 640. The lowest BCUT2D eigenvalue weighted by Crippen LogP contribution is -2.52. The first-order valence-corrected chi connectivity index (χ1v) is 11.4. The van der Waals surface area contributed by atoms with Gasteiger partial charge in [-0.15, -0.1) is 24.0 Å². The number of hydrogen-bond donors (Lipinski definition) is 1. The highest BCUT2D eigenvalue weighted by Gasteiger charge is 2.22. The van der Waals surface area contributed by atoms with Crippen LogP contribution in [-0.2, 0) is 0 Å². The number of guanidine groups is 1. The van der Waals surface area contributed by atoms with E-state index in [-0.39, 0.29) is 24.0 Å². The number of hydrogen-bond acceptors (Lipinski definition) is 4. The van der Waals surface area contributed by atoms with Crippen molar-refractivity contribution in [3.63, 3.8) is 0 Å². The van der Waals surface area contributed by atoms with Gasteiger partial charge in [0.25, 0.3) is 0 Å². The van der Waals surface area contributed by atoms with Crippen LogP contribution in [0.2, 0.25) is 0 Å². The van der Waals surface area contributed by atoms with E-state index in [9.17, 15) is 0 Å². The zero-order valence-electron chi connectivity index (χ0n) is 19.0. The van der Waals surface area contributed by atoms with Crippen molar-refractivity contribution in [3.8, 4) is 5.75 Å². The molecule has 0 spiro atoms. The maximum Gasteiger partial charge on any atom is 0.194 e. The van der Waals surface area contributed by atoms with Crippen molar-refractivity contribution in [2.45, 2.75) is 33.1 Å². The largest absolute Gasteiger partial charge is 0.497 e. The molecular weight excluding hydrogens is 489 g/mol. The number of methoxy groups -OCH3 is 1. The average molecular weight is 530 g/mol. The Balaban J connectivity index is 0.00000320. The molecule has 0 amide bonds. The third-order valence-electron chi connectivity index (χ3n) is 6.08. The molecule has 2 aliphatic heterocycles. The fraction of sp³-hybridized carbons (Fsp3) is 0.696. The summed E-state index contributed by atoms with van der Waals surface area (Å²) in [7, 11) is 1.73. The van der Waals surface area contributed by atoms with Gasteiger partial charge in [-0.1, -0.05) is 13.0 Å². The number of piperidine rings is 1. The van der Waals surface area contributed by atoms with Crippen LogP contribution in [0.1, 0.15) is 33.1 Å². The molecule has 2 fully saturated rings. The van der Waals surface area contributed by atoms with Crippen molar-refractivity contribution < 1.29 is 4.74 Å². The third-order valence-corrected chi connectivity index (χ3v) is 6.08. The Morgan fingerprint density at radius 1 is 1.10 bits per heavy atom. The monoisotopic (exact) mass is 529 g/mol. The molecule has 1 aromatic carbocycles. The maximum absolute atomic E-state index is 5.38. The van der Waals surface area contributed by atoms with Crippen LogP contribution >= 0.6 is 24.0 Å². The van der Waals surface area contributed by atoms with Crippen LogP contribution in [0, 0.1) is 5.92 Å². The van der Waals surface area contributed by atoms with Crippen LogP contribution in [0.3, 0.4) is 0 Å². The maximum atomic E-state index is 5.38. The van der Waals surface area contributed by atoms with E-state index < -0.39 is 0 Å². The molecular formula is C23H40IN5O. The number of benzene rings is 1. The van der Waals surface area contributed by atoms with Gasteiger partial charge in [0.2, 0.25) is 0 Å². The minimum Gasteiger partial charge on any atom is -0.497 e. The summed E-state index contributed by atoms with van der Waals surface area (Å²) in [5.41, 5.74) is 1.24. The molecule has 0 aromatic heterocycles. The summed E-state index contributed by atoms with van der Waals surface area (Å²) in [5, 5.41) is 3.52. The van der Waals surface area contributed by atoms with Gasteiger partial charge in [-0.2, -0.15) is 0 Å². The quantitative estimate of drug-likeness (QED) is 0.333. The number of rotatable bonds is 7. The Kier molecular flexibility index (Phi) is 11.1. The SMILES string of the molecule is CCCN1CCC(CN=C(NCC)N2CCN(c3cccc(OC)c3)CC2)CC1.I. The first kappa shape index (κ1) is 25.0. The number of aliphatic imine (C=N–C) groups is 1. The minimum absolute atomic E-state index is 0. The molecule has 2 saturated heterocycles. The number of anilines is 1. The smallest absolute Gasteiger partial charge is 0.194 e. The number of likely N-dealkylation sites (tertiary alicyclic amines) is 1. The van der Waals surface area contributed by atoms with E-state index in [4.69, 9.17) is 9.73 Å². The van der Waals surface area contributed by atoms with E-state index in [1.54, 1.807) is 7.11 Å². The molecule has 0 unspecified atom stereocenters. The molecule has 30 heavy (non-hydrogen) atoms. The third kappa shape index (κ3) is 7.18. The predicted molar refractivity (Wildman–Crippen MR) is 138 cm³/mol. The summed E-state index contributed by atoms with van der Waals surface area (Å²) in [4.78, 5) is 12.5. The zero-order valence-corrected chi connectivity index (χ0v) is 21.3. The molecule has 0 aliphatic carbocycles. The van der Waals surface area contributed by atoms with E-state index in [2.05, 4.69) is 52.1 Å². The van der Waals surface area contributed by atoms with E-state index in [0.717, 1.165) is 56.9 Å².